The number of fused-ring (bicyclic) bond motifs is 3. The minimum Gasteiger partial charge on any atom is -0.308 e. The number of anilines is 1. The van der Waals surface area contributed by atoms with Crippen molar-refractivity contribution >= 4 is 17.7 Å². The van der Waals surface area contributed by atoms with Crippen molar-refractivity contribution in [3.8, 4) is 0 Å². The van der Waals surface area contributed by atoms with Crippen molar-refractivity contribution in [3.63, 3.8) is 0 Å². The highest BCUT2D eigenvalue weighted by atomic mass is 16.2. The SMILES string of the molecule is O=C1N2c3ccccc3C[C@H]2CC12CC(=Cc1ccccc1)C2. The number of allylic oxidation sites excluding steroid dienone is 1. The van der Waals surface area contributed by atoms with Crippen LogP contribution in [0.1, 0.15) is 30.4 Å². The van der Waals surface area contributed by atoms with Gasteiger partial charge < -0.3 is 4.90 Å². The maximum absolute atomic E-state index is 13.1. The molecule has 2 heterocycles. The van der Waals surface area contributed by atoms with Crippen LogP contribution in [0.25, 0.3) is 6.08 Å². The van der Waals surface area contributed by atoms with Crippen LogP contribution in [0.5, 0.6) is 0 Å². The molecule has 2 aromatic carbocycles. The number of hydrogen-bond donors (Lipinski definition) is 0. The molecular formula is C21H19NO. The summed E-state index contributed by atoms with van der Waals surface area (Å²) in [6.45, 7) is 0. The van der Waals surface area contributed by atoms with Gasteiger partial charge in [0.05, 0.1) is 5.41 Å². The van der Waals surface area contributed by atoms with E-state index in [-0.39, 0.29) is 5.41 Å². The predicted molar refractivity (Wildman–Crippen MR) is 92.1 cm³/mol. The lowest BCUT2D eigenvalue weighted by atomic mass is 9.63. The van der Waals surface area contributed by atoms with Gasteiger partial charge in [-0.05, 0) is 42.9 Å². The second kappa shape index (κ2) is 4.58. The first-order chi connectivity index (χ1) is 11.3. The third-order valence-corrected chi connectivity index (χ3v) is 5.67. The molecule has 23 heavy (non-hydrogen) atoms. The zero-order valence-corrected chi connectivity index (χ0v) is 13.0. The van der Waals surface area contributed by atoms with Crippen molar-refractivity contribution in [2.75, 3.05) is 4.90 Å². The van der Waals surface area contributed by atoms with Crippen molar-refractivity contribution in [3.05, 3.63) is 71.3 Å². The van der Waals surface area contributed by atoms with E-state index in [0.29, 0.717) is 11.9 Å². The second-order valence-electron chi connectivity index (χ2n) is 7.21. The molecule has 0 radical (unpaired) electrons. The summed E-state index contributed by atoms with van der Waals surface area (Å²) in [4.78, 5) is 15.1. The summed E-state index contributed by atoms with van der Waals surface area (Å²) < 4.78 is 0. The Bertz CT molecular complexity index is 813. The number of nitrogens with zero attached hydrogens (tertiary/aromatic N) is 1. The van der Waals surface area contributed by atoms with E-state index < -0.39 is 0 Å². The van der Waals surface area contributed by atoms with E-state index in [4.69, 9.17) is 0 Å². The van der Waals surface area contributed by atoms with E-state index in [2.05, 4.69) is 53.4 Å². The van der Waals surface area contributed by atoms with E-state index in [1.807, 2.05) is 12.1 Å². The Labute approximate surface area is 136 Å². The summed E-state index contributed by atoms with van der Waals surface area (Å²) in [5, 5.41) is 0. The zero-order valence-electron chi connectivity index (χ0n) is 13.0. The van der Waals surface area contributed by atoms with Crippen molar-refractivity contribution < 1.29 is 4.79 Å². The third-order valence-electron chi connectivity index (χ3n) is 5.67. The second-order valence-corrected chi connectivity index (χ2v) is 7.21. The van der Waals surface area contributed by atoms with Gasteiger partial charge in [-0.15, -0.1) is 0 Å². The molecule has 1 saturated heterocycles. The van der Waals surface area contributed by atoms with E-state index >= 15 is 0 Å². The molecule has 2 aromatic rings. The summed E-state index contributed by atoms with van der Waals surface area (Å²) >= 11 is 0. The fourth-order valence-corrected chi connectivity index (χ4v) is 4.69. The summed E-state index contributed by atoms with van der Waals surface area (Å²) in [6, 6.07) is 19.2. The van der Waals surface area contributed by atoms with Gasteiger partial charge in [0.15, 0.2) is 0 Å². The maximum atomic E-state index is 13.1. The first-order valence-electron chi connectivity index (χ1n) is 8.41. The van der Waals surface area contributed by atoms with Gasteiger partial charge in [0.1, 0.15) is 0 Å². The highest BCUT2D eigenvalue weighted by molar-refractivity contribution is 6.04. The van der Waals surface area contributed by atoms with E-state index in [1.54, 1.807) is 0 Å². The maximum Gasteiger partial charge on any atom is 0.234 e. The fraction of sp³-hybridized carbons (Fsp3) is 0.286. The Balaban J connectivity index is 1.40. The number of hydrogen-bond acceptors (Lipinski definition) is 1. The minimum atomic E-state index is -0.112. The lowest BCUT2D eigenvalue weighted by molar-refractivity contribution is -0.127. The zero-order chi connectivity index (χ0) is 15.4. The van der Waals surface area contributed by atoms with Crippen molar-refractivity contribution in [1.29, 1.82) is 0 Å². The van der Waals surface area contributed by atoms with Crippen LogP contribution in [-0.4, -0.2) is 11.9 Å². The molecule has 3 aliphatic rings. The predicted octanol–water partition coefficient (Wildman–Crippen LogP) is 4.21. The molecule has 2 fully saturated rings. The average Bonchev–Trinajstić information content (AvgIpc) is 3.03. The Morgan fingerprint density at radius 3 is 2.57 bits per heavy atom. The number of rotatable bonds is 1. The van der Waals surface area contributed by atoms with Crippen molar-refractivity contribution in [2.24, 2.45) is 5.41 Å². The van der Waals surface area contributed by atoms with Crippen LogP contribution in [0, 0.1) is 5.41 Å². The summed E-state index contributed by atoms with van der Waals surface area (Å²) in [6.07, 6.45) is 6.19. The Morgan fingerprint density at radius 1 is 1.00 bits per heavy atom. The molecule has 2 aliphatic heterocycles. The summed E-state index contributed by atoms with van der Waals surface area (Å²) in [7, 11) is 0. The van der Waals surface area contributed by atoms with Crippen LogP contribution in [0.2, 0.25) is 0 Å². The molecule has 2 heteroatoms. The van der Waals surface area contributed by atoms with Gasteiger partial charge >= 0.3 is 0 Å². The van der Waals surface area contributed by atoms with Crippen molar-refractivity contribution in [1.82, 2.24) is 0 Å². The Kier molecular flexibility index (Phi) is 2.61. The molecule has 114 valence electrons. The van der Waals surface area contributed by atoms with Crippen LogP contribution >= 0.6 is 0 Å². The van der Waals surface area contributed by atoms with Crippen LogP contribution < -0.4 is 4.90 Å². The number of benzene rings is 2. The highest BCUT2D eigenvalue weighted by Gasteiger charge is 2.58. The lowest BCUT2D eigenvalue weighted by Gasteiger charge is -2.39. The van der Waals surface area contributed by atoms with Gasteiger partial charge in [0, 0.05) is 11.7 Å². The summed E-state index contributed by atoms with van der Waals surface area (Å²) in [5.74, 6) is 0.359. The molecule has 1 aliphatic carbocycles. The normalized spacial score (nSPS) is 27.8. The number of carbonyl (C=O) groups is 1. The molecule has 1 amide bonds. The molecule has 2 nitrogen and oxygen atoms in total. The topological polar surface area (TPSA) is 20.3 Å². The first kappa shape index (κ1) is 13.1. The number of para-hydroxylation sites is 1. The molecule has 0 N–H and O–H groups in total. The van der Waals surface area contributed by atoms with Gasteiger partial charge in [-0.2, -0.15) is 0 Å². The molecule has 0 aromatic heterocycles. The van der Waals surface area contributed by atoms with Gasteiger partial charge in [-0.3, -0.25) is 4.79 Å². The van der Waals surface area contributed by atoms with E-state index in [9.17, 15) is 4.79 Å². The van der Waals surface area contributed by atoms with Crippen LogP contribution in [0.4, 0.5) is 5.69 Å². The molecule has 0 bridgehead atoms. The molecule has 1 saturated carbocycles. The van der Waals surface area contributed by atoms with Crippen molar-refractivity contribution in [2.45, 2.75) is 31.7 Å². The largest absolute Gasteiger partial charge is 0.308 e. The minimum absolute atomic E-state index is 0.112. The Hall–Kier alpha value is -2.35. The van der Waals surface area contributed by atoms with Gasteiger partial charge in [-0.1, -0.05) is 60.2 Å². The standard InChI is InChI=1S/C21H19NO/c23-20-21(12-16(13-21)10-15-6-2-1-3-7-15)14-18-11-17-8-4-5-9-19(17)22(18)20/h1-10,18H,11-14H2/t18-,21?/m0/s1. The molecule has 1 spiro atoms. The molecular weight excluding hydrogens is 282 g/mol. The van der Waals surface area contributed by atoms with Crippen LogP contribution in [0.3, 0.4) is 0 Å². The Morgan fingerprint density at radius 2 is 1.74 bits per heavy atom. The van der Waals surface area contributed by atoms with Gasteiger partial charge in [-0.25, -0.2) is 0 Å². The smallest absolute Gasteiger partial charge is 0.234 e. The van der Waals surface area contributed by atoms with E-state index in [1.165, 1.54) is 16.7 Å². The fourth-order valence-electron chi connectivity index (χ4n) is 4.69. The van der Waals surface area contributed by atoms with Gasteiger partial charge in [0.25, 0.3) is 0 Å². The highest BCUT2D eigenvalue weighted by Crippen LogP contribution is 2.57. The average molecular weight is 301 g/mol. The van der Waals surface area contributed by atoms with Gasteiger partial charge in [0.2, 0.25) is 5.91 Å². The molecule has 5 rings (SSSR count). The summed E-state index contributed by atoms with van der Waals surface area (Å²) in [5.41, 5.74) is 5.03. The van der Waals surface area contributed by atoms with Crippen LogP contribution in [-0.2, 0) is 11.2 Å². The third kappa shape index (κ3) is 1.84. The quantitative estimate of drug-likeness (QED) is 0.772. The lowest BCUT2D eigenvalue weighted by Crippen LogP contribution is -2.40. The number of carbonyl (C=O) groups excluding carboxylic acids is 1. The first-order valence-corrected chi connectivity index (χ1v) is 8.41. The monoisotopic (exact) mass is 301 g/mol. The van der Waals surface area contributed by atoms with Crippen LogP contribution in [0.15, 0.2) is 60.2 Å². The molecule has 0 unspecified atom stereocenters. The van der Waals surface area contributed by atoms with E-state index in [0.717, 1.165) is 31.4 Å². The number of amides is 1. The molecule has 1 atom stereocenters.